The summed E-state index contributed by atoms with van der Waals surface area (Å²) in [5.41, 5.74) is 2.02. The zero-order valence-corrected chi connectivity index (χ0v) is 9.80. The standard InChI is InChI=1S/C12H15ClO2/c1-9-7-10(3-4-12(9)13)8-11(14)5-6-15-2/h3-4,7H,5-6,8H2,1-2H3. The summed E-state index contributed by atoms with van der Waals surface area (Å²) in [4.78, 5) is 11.5. The molecule has 0 aliphatic carbocycles. The number of carbonyl (C=O) groups excluding carboxylic acids is 1. The Balaban J connectivity index is 2.57. The molecule has 0 saturated carbocycles. The number of benzene rings is 1. The monoisotopic (exact) mass is 226 g/mol. The summed E-state index contributed by atoms with van der Waals surface area (Å²) in [5.74, 6) is 0.193. The first-order valence-electron chi connectivity index (χ1n) is 4.89. The highest BCUT2D eigenvalue weighted by atomic mass is 35.5. The molecule has 1 aromatic carbocycles. The van der Waals surface area contributed by atoms with Crippen molar-refractivity contribution in [1.82, 2.24) is 0 Å². The molecule has 0 N–H and O–H groups in total. The van der Waals surface area contributed by atoms with E-state index in [2.05, 4.69) is 0 Å². The van der Waals surface area contributed by atoms with Gasteiger partial charge in [0.1, 0.15) is 5.78 Å². The van der Waals surface area contributed by atoms with Gasteiger partial charge >= 0.3 is 0 Å². The molecule has 0 amide bonds. The third-order valence-electron chi connectivity index (χ3n) is 2.21. The second-order valence-electron chi connectivity index (χ2n) is 3.54. The molecule has 0 aromatic heterocycles. The van der Waals surface area contributed by atoms with Crippen molar-refractivity contribution >= 4 is 17.4 Å². The number of rotatable bonds is 5. The van der Waals surface area contributed by atoms with E-state index < -0.39 is 0 Å². The maximum atomic E-state index is 11.5. The van der Waals surface area contributed by atoms with Crippen LogP contribution in [0, 0.1) is 6.92 Å². The van der Waals surface area contributed by atoms with Crippen LogP contribution in [-0.2, 0) is 16.0 Å². The predicted molar refractivity (Wildman–Crippen MR) is 61.4 cm³/mol. The molecule has 15 heavy (non-hydrogen) atoms. The zero-order valence-electron chi connectivity index (χ0n) is 9.05. The Bertz CT molecular complexity index is 347. The summed E-state index contributed by atoms with van der Waals surface area (Å²) in [5, 5.41) is 0.739. The maximum Gasteiger partial charge on any atom is 0.139 e. The lowest BCUT2D eigenvalue weighted by molar-refractivity contribution is -0.119. The van der Waals surface area contributed by atoms with Crippen LogP contribution in [0.3, 0.4) is 0 Å². The third kappa shape index (κ3) is 4.02. The second-order valence-corrected chi connectivity index (χ2v) is 3.95. The smallest absolute Gasteiger partial charge is 0.139 e. The van der Waals surface area contributed by atoms with E-state index in [9.17, 15) is 4.79 Å². The highest BCUT2D eigenvalue weighted by Gasteiger charge is 2.04. The van der Waals surface area contributed by atoms with Crippen molar-refractivity contribution in [3.63, 3.8) is 0 Å². The molecule has 0 bridgehead atoms. The van der Waals surface area contributed by atoms with Gasteiger partial charge in [0.05, 0.1) is 6.61 Å². The highest BCUT2D eigenvalue weighted by molar-refractivity contribution is 6.31. The average Bonchev–Trinajstić information content (AvgIpc) is 2.20. The van der Waals surface area contributed by atoms with Crippen molar-refractivity contribution in [2.24, 2.45) is 0 Å². The fourth-order valence-electron chi connectivity index (χ4n) is 1.35. The Hall–Kier alpha value is -0.860. The molecule has 82 valence electrons. The molecule has 1 aromatic rings. The van der Waals surface area contributed by atoms with Crippen LogP contribution in [0.5, 0.6) is 0 Å². The summed E-state index contributed by atoms with van der Waals surface area (Å²) in [6.45, 7) is 2.43. The van der Waals surface area contributed by atoms with Crippen LogP contribution >= 0.6 is 11.6 Å². The minimum absolute atomic E-state index is 0.193. The van der Waals surface area contributed by atoms with Crippen molar-refractivity contribution in [3.05, 3.63) is 34.3 Å². The van der Waals surface area contributed by atoms with Crippen molar-refractivity contribution in [1.29, 1.82) is 0 Å². The van der Waals surface area contributed by atoms with E-state index in [4.69, 9.17) is 16.3 Å². The van der Waals surface area contributed by atoms with Gasteiger partial charge in [-0.25, -0.2) is 0 Å². The van der Waals surface area contributed by atoms with Gasteiger partial charge in [0.2, 0.25) is 0 Å². The van der Waals surface area contributed by atoms with Gasteiger partial charge in [0.25, 0.3) is 0 Å². The first-order valence-corrected chi connectivity index (χ1v) is 5.27. The Labute approximate surface area is 95.2 Å². The van der Waals surface area contributed by atoms with Gasteiger partial charge in [0.15, 0.2) is 0 Å². The topological polar surface area (TPSA) is 26.3 Å². The molecule has 2 nitrogen and oxygen atoms in total. The summed E-state index contributed by atoms with van der Waals surface area (Å²) in [7, 11) is 1.60. The van der Waals surface area contributed by atoms with Gasteiger partial charge in [0, 0.05) is 25.0 Å². The molecule has 0 aliphatic heterocycles. The minimum Gasteiger partial charge on any atom is -0.384 e. The zero-order chi connectivity index (χ0) is 11.3. The van der Waals surface area contributed by atoms with E-state index in [0.717, 1.165) is 16.1 Å². The lowest BCUT2D eigenvalue weighted by Gasteiger charge is -2.03. The summed E-state index contributed by atoms with van der Waals surface area (Å²) >= 11 is 5.90. The van der Waals surface area contributed by atoms with E-state index in [1.165, 1.54) is 0 Å². The number of ketones is 1. The van der Waals surface area contributed by atoms with Crippen LogP contribution in [0.15, 0.2) is 18.2 Å². The number of hydrogen-bond donors (Lipinski definition) is 0. The quantitative estimate of drug-likeness (QED) is 0.772. The number of aryl methyl sites for hydroxylation is 1. The van der Waals surface area contributed by atoms with E-state index in [-0.39, 0.29) is 5.78 Å². The first-order chi connectivity index (χ1) is 7.13. The largest absolute Gasteiger partial charge is 0.384 e. The van der Waals surface area contributed by atoms with Gasteiger partial charge in [-0.3, -0.25) is 4.79 Å². The fraction of sp³-hybridized carbons (Fsp3) is 0.417. The van der Waals surface area contributed by atoms with Crippen LogP contribution in [0.25, 0.3) is 0 Å². The van der Waals surface area contributed by atoms with Gasteiger partial charge in [-0.15, -0.1) is 0 Å². The number of carbonyl (C=O) groups is 1. The van der Waals surface area contributed by atoms with Crippen LogP contribution in [-0.4, -0.2) is 19.5 Å². The Morgan fingerprint density at radius 2 is 2.20 bits per heavy atom. The van der Waals surface area contributed by atoms with Gasteiger partial charge in [-0.2, -0.15) is 0 Å². The van der Waals surface area contributed by atoms with E-state index in [1.807, 2.05) is 25.1 Å². The number of hydrogen-bond acceptors (Lipinski definition) is 2. The van der Waals surface area contributed by atoms with Crippen LogP contribution in [0.2, 0.25) is 5.02 Å². The summed E-state index contributed by atoms with van der Waals surface area (Å²) < 4.78 is 4.85. The minimum atomic E-state index is 0.193. The molecular weight excluding hydrogens is 212 g/mol. The first kappa shape index (κ1) is 12.2. The molecule has 0 heterocycles. The highest BCUT2D eigenvalue weighted by Crippen LogP contribution is 2.16. The molecule has 0 aliphatic rings. The Kier molecular flexibility index (Phi) is 4.79. The third-order valence-corrected chi connectivity index (χ3v) is 2.63. The molecule has 0 radical (unpaired) electrons. The van der Waals surface area contributed by atoms with Crippen molar-refractivity contribution in [2.45, 2.75) is 19.8 Å². The lowest BCUT2D eigenvalue weighted by Crippen LogP contribution is -2.06. The average molecular weight is 227 g/mol. The normalized spacial score (nSPS) is 10.3. The SMILES string of the molecule is COCCC(=O)Cc1ccc(Cl)c(C)c1. The lowest BCUT2D eigenvalue weighted by atomic mass is 10.1. The fourth-order valence-corrected chi connectivity index (χ4v) is 1.47. The second kappa shape index (κ2) is 5.89. The van der Waals surface area contributed by atoms with E-state index in [0.29, 0.717) is 19.4 Å². The molecule has 0 unspecified atom stereocenters. The van der Waals surface area contributed by atoms with Crippen molar-refractivity contribution < 1.29 is 9.53 Å². The van der Waals surface area contributed by atoms with Gasteiger partial charge in [-0.1, -0.05) is 23.7 Å². The molecule has 0 atom stereocenters. The maximum absolute atomic E-state index is 11.5. The molecule has 1 rings (SSSR count). The van der Waals surface area contributed by atoms with Gasteiger partial charge < -0.3 is 4.74 Å². The molecular formula is C12H15ClO2. The van der Waals surface area contributed by atoms with Crippen LogP contribution < -0.4 is 0 Å². The molecule has 3 heteroatoms. The summed E-state index contributed by atoms with van der Waals surface area (Å²) in [6.07, 6.45) is 0.930. The molecule has 0 saturated heterocycles. The number of Topliss-reactive ketones (excluding diaryl/α,β-unsaturated/α-hetero) is 1. The Morgan fingerprint density at radius 1 is 1.47 bits per heavy atom. The van der Waals surface area contributed by atoms with Crippen molar-refractivity contribution in [2.75, 3.05) is 13.7 Å². The van der Waals surface area contributed by atoms with Crippen LogP contribution in [0.4, 0.5) is 0 Å². The predicted octanol–water partition coefficient (Wildman–Crippen LogP) is 2.80. The summed E-state index contributed by atoms with van der Waals surface area (Å²) in [6, 6.07) is 5.67. The number of halogens is 1. The number of ether oxygens (including phenoxy) is 1. The van der Waals surface area contributed by atoms with E-state index in [1.54, 1.807) is 7.11 Å². The van der Waals surface area contributed by atoms with Crippen LogP contribution in [0.1, 0.15) is 17.5 Å². The molecule has 0 spiro atoms. The van der Waals surface area contributed by atoms with Gasteiger partial charge in [-0.05, 0) is 24.1 Å². The van der Waals surface area contributed by atoms with Crippen molar-refractivity contribution in [3.8, 4) is 0 Å². The molecule has 0 fully saturated rings. The van der Waals surface area contributed by atoms with E-state index >= 15 is 0 Å². The number of methoxy groups -OCH3 is 1. The Morgan fingerprint density at radius 3 is 2.80 bits per heavy atom.